The van der Waals surface area contributed by atoms with E-state index >= 15 is 0 Å². The zero-order chi connectivity index (χ0) is 11.8. The van der Waals surface area contributed by atoms with E-state index in [1.54, 1.807) is 13.8 Å². The average molecular weight is 298 g/mol. The van der Waals surface area contributed by atoms with E-state index in [0.717, 1.165) is 19.1 Å². The monoisotopic (exact) mass is 297 g/mol. The molecule has 0 aromatic rings. The maximum absolute atomic E-state index is 11.6. The van der Waals surface area contributed by atoms with Crippen LogP contribution in [0.15, 0.2) is 0 Å². The molecule has 6 heteroatoms. The van der Waals surface area contributed by atoms with Gasteiger partial charge in [0.1, 0.15) is 0 Å². The van der Waals surface area contributed by atoms with Gasteiger partial charge in [-0.1, -0.05) is 0 Å². The largest absolute Gasteiger partial charge is 0.354 e. The number of likely N-dealkylation sites (tertiary alicyclic amines) is 1. The number of hydrogen-bond acceptors (Lipinski definition) is 3. The molecular weight excluding hydrogens is 273 g/mol. The highest BCUT2D eigenvalue weighted by molar-refractivity contribution is 5.85. The van der Waals surface area contributed by atoms with Gasteiger partial charge >= 0.3 is 0 Å². The number of carbonyl (C=O) groups excluding carboxylic acids is 1. The zero-order valence-electron chi connectivity index (χ0n) is 11.1. The highest BCUT2D eigenvalue weighted by Crippen LogP contribution is 2.31. The lowest BCUT2D eigenvalue weighted by Crippen LogP contribution is -2.50. The van der Waals surface area contributed by atoms with Gasteiger partial charge in [0.05, 0.1) is 5.54 Å². The first-order valence-corrected chi connectivity index (χ1v) is 6.28. The third-order valence-corrected chi connectivity index (χ3v) is 3.52. The summed E-state index contributed by atoms with van der Waals surface area (Å²) < 4.78 is 0. The molecule has 2 aliphatic rings. The Morgan fingerprint density at radius 1 is 1.33 bits per heavy atom. The first kappa shape index (κ1) is 18.0. The number of halogens is 2. The highest BCUT2D eigenvalue weighted by Gasteiger charge is 2.34. The van der Waals surface area contributed by atoms with Crippen LogP contribution in [0.3, 0.4) is 0 Å². The van der Waals surface area contributed by atoms with Crippen LogP contribution in [0.4, 0.5) is 0 Å². The van der Waals surface area contributed by atoms with Crippen molar-refractivity contribution in [2.75, 3.05) is 19.6 Å². The van der Waals surface area contributed by atoms with Crippen molar-refractivity contribution in [1.82, 2.24) is 10.2 Å². The van der Waals surface area contributed by atoms with Gasteiger partial charge in [-0.05, 0) is 45.6 Å². The molecule has 1 amide bonds. The molecule has 0 bridgehead atoms. The van der Waals surface area contributed by atoms with Crippen molar-refractivity contribution in [3.8, 4) is 0 Å². The predicted octanol–water partition coefficient (Wildman–Crippen LogP) is 1.17. The molecular formula is C12H25Cl2N3O. The van der Waals surface area contributed by atoms with Crippen LogP contribution in [0.2, 0.25) is 0 Å². The molecule has 1 unspecified atom stereocenters. The normalized spacial score (nSPS) is 24.1. The van der Waals surface area contributed by atoms with E-state index < -0.39 is 5.54 Å². The topological polar surface area (TPSA) is 58.4 Å². The van der Waals surface area contributed by atoms with E-state index in [-0.39, 0.29) is 30.7 Å². The molecule has 1 saturated heterocycles. The second kappa shape index (κ2) is 6.94. The van der Waals surface area contributed by atoms with Crippen LogP contribution in [-0.4, -0.2) is 42.0 Å². The average Bonchev–Trinajstić information content (AvgIpc) is 2.94. The van der Waals surface area contributed by atoms with Crippen molar-refractivity contribution in [2.45, 2.75) is 44.7 Å². The molecule has 1 aliphatic carbocycles. The van der Waals surface area contributed by atoms with Crippen molar-refractivity contribution in [2.24, 2.45) is 11.7 Å². The summed E-state index contributed by atoms with van der Waals surface area (Å²) in [5.41, 5.74) is 4.97. The number of carbonyl (C=O) groups is 1. The Kier molecular flexibility index (Phi) is 6.93. The number of rotatable bonds is 4. The summed E-state index contributed by atoms with van der Waals surface area (Å²) in [7, 11) is 0. The fourth-order valence-electron chi connectivity index (χ4n) is 2.27. The van der Waals surface area contributed by atoms with Crippen LogP contribution < -0.4 is 11.1 Å². The minimum atomic E-state index is -0.755. The third kappa shape index (κ3) is 4.92. The lowest BCUT2D eigenvalue weighted by molar-refractivity contribution is -0.125. The van der Waals surface area contributed by atoms with Gasteiger partial charge in [0, 0.05) is 19.1 Å². The SMILES string of the molecule is CC(C)(N)C(=O)NCC1CCN(C2CC2)C1.Cl.Cl. The Bertz CT molecular complexity index is 277. The van der Waals surface area contributed by atoms with Gasteiger partial charge < -0.3 is 16.0 Å². The maximum Gasteiger partial charge on any atom is 0.239 e. The van der Waals surface area contributed by atoms with E-state index in [1.807, 2.05) is 0 Å². The van der Waals surface area contributed by atoms with Crippen molar-refractivity contribution in [3.05, 3.63) is 0 Å². The Labute approximate surface area is 122 Å². The van der Waals surface area contributed by atoms with Crippen LogP contribution in [0.1, 0.15) is 33.1 Å². The molecule has 4 nitrogen and oxygen atoms in total. The number of nitrogens with one attached hydrogen (secondary N) is 1. The summed E-state index contributed by atoms with van der Waals surface area (Å²) in [5, 5.41) is 2.95. The molecule has 1 heterocycles. The quantitative estimate of drug-likeness (QED) is 0.819. The molecule has 18 heavy (non-hydrogen) atoms. The van der Waals surface area contributed by atoms with Crippen molar-refractivity contribution in [3.63, 3.8) is 0 Å². The summed E-state index contributed by atoms with van der Waals surface area (Å²) in [6.07, 6.45) is 3.95. The molecule has 0 aromatic heterocycles. The van der Waals surface area contributed by atoms with Crippen LogP contribution in [-0.2, 0) is 4.79 Å². The van der Waals surface area contributed by atoms with Crippen LogP contribution in [0, 0.1) is 5.92 Å². The summed E-state index contributed by atoms with van der Waals surface area (Å²) in [4.78, 5) is 14.2. The van der Waals surface area contributed by atoms with E-state index in [9.17, 15) is 4.79 Å². The number of hydrogen-bond donors (Lipinski definition) is 2. The van der Waals surface area contributed by atoms with Crippen LogP contribution in [0.5, 0.6) is 0 Å². The fourth-order valence-corrected chi connectivity index (χ4v) is 2.27. The van der Waals surface area contributed by atoms with Crippen molar-refractivity contribution < 1.29 is 4.79 Å². The third-order valence-electron chi connectivity index (χ3n) is 3.52. The molecule has 3 N–H and O–H groups in total. The van der Waals surface area contributed by atoms with Crippen molar-refractivity contribution in [1.29, 1.82) is 0 Å². The van der Waals surface area contributed by atoms with Gasteiger partial charge in [-0.25, -0.2) is 0 Å². The second-order valence-electron chi connectivity index (χ2n) is 5.81. The predicted molar refractivity (Wildman–Crippen MR) is 78.5 cm³/mol. The lowest BCUT2D eigenvalue weighted by atomic mass is 10.1. The van der Waals surface area contributed by atoms with Gasteiger partial charge in [-0.3, -0.25) is 4.79 Å². The summed E-state index contributed by atoms with van der Waals surface area (Å²) >= 11 is 0. The highest BCUT2D eigenvalue weighted by atomic mass is 35.5. The maximum atomic E-state index is 11.6. The van der Waals surface area contributed by atoms with E-state index in [1.165, 1.54) is 25.8 Å². The second-order valence-corrected chi connectivity index (χ2v) is 5.81. The molecule has 108 valence electrons. The zero-order valence-corrected chi connectivity index (χ0v) is 12.8. The van der Waals surface area contributed by atoms with E-state index in [4.69, 9.17) is 5.73 Å². The van der Waals surface area contributed by atoms with Gasteiger partial charge in [0.15, 0.2) is 0 Å². The summed E-state index contributed by atoms with van der Waals surface area (Å²) in [6.45, 7) is 6.62. The standard InChI is InChI=1S/C12H23N3O.2ClH/c1-12(2,13)11(16)14-7-9-5-6-15(8-9)10-3-4-10;;/h9-10H,3-8,13H2,1-2H3,(H,14,16);2*1H. The Morgan fingerprint density at radius 2 is 1.94 bits per heavy atom. The molecule has 2 fully saturated rings. The smallest absolute Gasteiger partial charge is 0.239 e. The van der Waals surface area contributed by atoms with Crippen molar-refractivity contribution >= 4 is 30.7 Å². The van der Waals surface area contributed by atoms with E-state index in [2.05, 4.69) is 10.2 Å². The molecule has 0 aromatic carbocycles. The van der Waals surface area contributed by atoms with Gasteiger partial charge in [0.25, 0.3) is 0 Å². The Hall–Kier alpha value is -0.0300. The number of amides is 1. The van der Waals surface area contributed by atoms with E-state index in [0.29, 0.717) is 5.92 Å². The molecule has 0 spiro atoms. The number of nitrogens with zero attached hydrogens (tertiary/aromatic N) is 1. The number of nitrogens with two attached hydrogens (primary N) is 1. The molecule has 1 saturated carbocycles. The minimum absolute atomic E-state index is 0. The Morgan fingerprint density at radius 3 is 2.44 bits per heavy atom. The minimum Gasteiger partial charge on any atom is -0.354 e. The molecule has 2 rings (SSSR count). The molecule has 0 radical (unpaired) electrons. The first-order valence-electron chi connectivity index (χ1n) is 6.28. The molecule has 1 atom stereocenters. The van der Waals surface area contributed by atoms with Gasteiger partial charge in [-0.2, -0.15) is 0 Å². The Balaban J connectivity index is 0.00000144. The first-order chi connectivity index (χ1) is 7.47. The summed E-state index contributed by atoms with van der Waals surface area (Å²) in [5.74, 6) is 0.573. The summed E-state index contributed by atoms with van der Waals surface area (Å²) in [6, 6.07) is 0.853. The molecule has 1 aliphatic heterocycles. The fraction of sp³-hybridized carbons (Fsp3) is 0.917. The van der Waals surface area contributed by atoms with Gasteiger partial charge in [-0.15, -0.1) is 24.8 Å². The van der Waals surface area contributed by atoms with Gasteiger partial charge in [0.2, 0.25) is 5.91 Å². The lowest BCUT2D eigenvalue weighted by Gasteiger charge is -2.20. The van der Waals surface area contributed by atoms with Crippen LogP contribution >= 0.6 is 24.8 Å². The van der Waals surface area contributed by atoms with Crippen LogP contribution in [0.25, 0.3) is 0 Å².